The van der Waals surface area contributed by atoms with Crippen molar-refractivity contribution in [1.29, 1.82) is 0 Å². The molecule has 0 saturated carbocycles. The Bertz CT molecular complexity index is 3300. The zero-order valence-corrected chi connectivity index (χ0v) is 31.8. The highest BCUT2D eigenvalue weighted by molar-refractivity contribution is 7.21. The zero-order chi connectivity index (χ0) is 37.5. The zero-order valence-electron chi connectivity index (χ0n) is 30.8. The van der Waals surface area contributed by atoms with Crippen LogP contribution in [-0.2, 0) is 0 Å². The van der Waals surface area contributed by atoms with Crippen LogP contribution >= 0.6 is 0 Å². The molecule has 4 nitrogen and oxygen atoms in total. The van der Waals surface area contributed by atoms with Crippen molar-refractivity contribution in [2.24, 2.45) is 0 Å². The predicted octanol–water partition coefficient (Wildman–Crippen LogP) is 10.2. The van der Waals surface area contributed by atoms with E-state index >= 15 is 0 Å². The number of furan rings is 1. The maximum Gasteiger partial charge on any atom is 0.203 e. The Labute approximate surface area is 330 Å². The molecule has 8 aromatic carbocycles. The van der Waals surface area contributed by atoms with E-state index in [2.05, 4.69) is 193 Å². The highest BCUT2D eigenvalue weighted by atomic mass is 28.3. The Kier molecular flexibility index (Phi) is 6.91. The van der Waals surface area contributed by atoms with Gasteiger partial charge in [-0.3, -0.25) is 0 Å². The van der Waals surface area contributed by atoms with Crippen molar-refractivity contribution in [2.75, 3.05) is 0 Å². The van der Waals surface area contributed by atoms with Gasteiger partial charge in [-0.1, -0.05) is 170 Å². The Hall–Kier alpha value is -7.34. The number of rotatable bonds is 5. The Morgan fingerprint density at radius 2 is 1.07 bits per heavy atom. The van der Waals surface area contributed by atoms with Gasteiger partial charge in [0.1, 0.15) is 5.58 Å². The van der Waals surface area contributed by atoms with Crippen LogP contribution in [0.3, 0.4) is 0 Å². The first kappa shape index (κ1) is 32.0. The third-order valence-electron chi connectivity index (χ3n) is 11.9. The largest absolute Gasteiger partial charge is 0.454 e. The van der Waals surface area contributed by atoms with Crippen LogP contribution in [-0.4, -0.2) is 22.6 Å². The highest BCUT2D eigenvalue weighted by Crippen LogP contribution is 2.41. The first-order valence-corrected chi connectivity index (χ1v) is 21.4. The molecule has 0 amide bonds. The van der Waals surface area contributed by atoms with Crippen LogP contribution in [0.2, 0.25) is 0 Å². The van der Waals surface area contributed by atoms with E-state index in [4.69, 9.17) is 14.4 Å². The number of hydrogen-bond acceptors (Lipinski definition) is 3. The van der Waals surface area contributed by atoms with Gasteiger partial charge in [-0.25, -0.2) is 9.97 Å². The van der Waals surface area contributed by atoms with Crippen molar-refractivity contribution in [3.8, 4) is 39.5 Å². The Morgan fingerprint density at radius 3 is 1.82 bits per heavy atom. The van der Waals surface area contributed by atoms with Gasteiger partial charge < -0.3 is 8.98 Å². The summed E-state index contributed by atoms with van der Waals surface area (Å²) in [5, 5.41) is 9.70. The second-order valence-electron chi connectivity index (χ2n) is 14.8. The fourth-order valence-corrected chi connectivity index (χ4v) is 14.5. The van der Waals surface area contributed by atoms with E-state index in [9.17, 15) is 0 Å². The second-order valence-corrected chi connectivity index (χ2v) is 18.5. The standard InChI is InChI=1S/C52H33N3OSi/c1-4-16-35(17-5-1)51-53-48(47-43-24-12-15-27-46(43)57(52(47)54-51,37-18-6-2-7-19-37)38-20-8-3-9-21-38)34-28-30-36(31-29-34)55-44-25-13-10-22-39(44)41-32-33-42-40-23-11-14-26-45(40)56-50(42)49(41)55/h1-33H. The molecular weight excluding hydrogens is 711 g/mol. The number of nitrogens with zero attached hydrogens (tertiary/aromatic N) is 3. The average molecular weight is 744 g/mol. The van der Waals surface area contributed by atoms with Crippen LogP contribution in [0.4, 0.5) is 0 Å². The number of hydrogen-bond donors (Lipinski definition) is 0. The number of para-hydroxylation sites is 2. The van der Waals surface area contributed by atoms with E-state index in [1.165, 1.54) is 31.9 Å². The van der Waals surface area contributed by atoms with Crippen molar-refractivity contribution in [2.45, 2.75) is 0 Å². The summed E-state index contributed by atoms with van der Waals surface area (Å²) < 4.78 is 9.01. The average Bonchev–Trinajstić information content (AvgIpc) is 3.94. The van der Waals surface area contributed by atoms with Gasteiger partial charge in [0, 0.05) is 43.9 Å². The maximum absolute atomic E-state index is 6.65. The summed E-state index contributed by atoms with van der Waals surface area (Å²) in [6.07, 6.45) is 0. The lowest BCUT2D eigenvalue weighted by Gasteiger charge is -2.30. The first-order valence-electron chi connectivity index (χ1n) is 19.4. The lowest BCUT2D eigenvalue weighted by Crippen LogP contribution is -2.73. The molecule has 0 N–H and O–H groups in total. The normalized spacial score (nSPS) is 13.1. The molecule has 1 aliphatic rings. The molecule has 0 bridgehead atoms. The fraction of sp³-hybridized carbons (Fsp3) is 0. The monoisotopic (exact) mass is 743 g/mol. The molecule has 12 rings (SSSR count). The molecule has 0 unspecified atom stereocenters. The van der Waals surface area contributed by atoms with Gasteiger partial charge in [0.05, 0.1) is 22.0 Å². The quantitative estimate of drug-likeness (QED) is 0.165. The van der Waals surface area contributed by atoms with Crippen molar-refractivity contribution in [1.82, 2.24) is 14.5 Å². The van der Waals surface area contributed by atoms with Crippen LogP contribution in [0.1, 0.15) is 0 Å². The van der Waals surface area contributed by atoms with Crippen LogP contribution in [0, 0.1) is 0 Å². The van der Waals surface area contributed by atoms with Gasteiger partial charge in [-0.15, -0.1) is 0 Å². The van der Waals surface area contributed by atoms with Gasteiger partial charge in [0.2, 0.25) is 8.07 Å². The minimum Gasteiger partial charge on any atom is -0.454 e. The number of aromatic nitrogens is 3. The summed E-state index contributed by atoms with van der Waals surface area (Å²) in [4.78, 5) is 11.1. The topological polar surface area (TPSA) is 43.9 Å². The molecule has 4 heterocycles. The van der Waals surface area contributed by atoms with Crippen LogP contribution < -0.4 is 20.9 Å². The molecule has 0 saturated heterocycles. The third kappa shape index (κ3) is 4.55. The summed E-state index contributed by atoms with van der Waals surface area (Å²) in [5.74, 6) is 0.736. The van der Waals surface area contributed by atoms with Gasteiger partial charge >= 0.3 is 0 Å². The molecule has 0 aliphatic carbocycles. The Morgan fingerprint density at radius 1 is 0.456 bits per heavy atom. The minimum absolute atomic E-state index is 0.736. The minimum atomic E-state index is -2.88. The molecule has 3 aromatic heterocycles. The van der Waals surface area contributed by atoms with Gasteiger partial charge in [0.15, 0.2) is 11.4 Å². The van der Waals surface area contributed by atoms with Crippen molar-refractivity contribution in [3.05, 3.63) is 200 Å². The van der Waals surface area contributed by atoms with E-state index in [1.807, 2.05) is 12.1 Å². The second kappa shape index (κ2) is 12.3. The smallest absolute Gasteiger partial charge is 0.203 e. The van der Waals surface area contributed by atoms with Crippen molar-refractivity contribution < 1.29 is 4.42 Å². The lowest BCUT2D eigenvalue weighted by atomic mass is 10.00. The summed E-state index contributed by atoms with van der Waals surface area (Å²) in [6, 6.07) is 71.8. The van der Waals surface area contributed by atoms with Gasteiger partial charge in [0.25, 0.3) is 0 Å². The van der Waals surface area contributed by atoms with E-state index < -0.39 is 8.07 Å². The van der Waals surface area contributed by atoms with Crippen LogP contribution in [0.5, 0.6) is 0 Å². The summed E-state index contributed by atoms with van der Waals surface area (Å²) in [7, 11) is -2.88. The van der Waals surface area contributed by atoms with Crippen LogP contribution in [0.25, 0.3) is 83.2 Å². The molecule has 1 aliphatic heterocycles. The van der Waals surface area contributed by atoms with Crippen molar-refractivity contribution in [3.63, 3.8) is 0 Å². The molecule has 266 valence electrons. The lowest BCUT2D eigenvalue weighted by molar-refractivity contribution is 0.671. The molecule has 0 spiro atoms. The molecule has 0 radical (unpaired) electrons. The molecule has 0 atom stereocenters. The molecule has 11 aromatic rings. The van der Waals surface area contributed by atoms with E-state index in [0.29, 0.717) is 0 Å². The van der Waals surface area contributed by atoms with Gasteiger partial charge in [-0.05, 0) is 51.5 Å². The Balaban J connectivity index is 1.13. The van der Waals surface area contributed by atoms with Gasteiger partial charge in [-0.2, -0.15) is 0 Å². The summed E-state index contributed by atoms with van der Waals surface area (Å²) in [6.45, 7) is 0. The third-order valence-corrected chi connectivity index (χ3v) is 16.6. The predicted molar refractivity (Wildman–Crippen MR) is 237 cm³/mol. The van der Waals surface area contributed by atoms with Crippen LogP contribution in [0.15, 0.2) is 205 Å². The fourth-order valence-electron chi connectivity index (χ4n) is 9.46. The van der Waals surface area contributed by atoms with E-state index in [1.54, 1.807) is 0 Å². The number of benzene rings is 8. The van der Waals surface area contributed by atoms with E-state index in [-0.39, 0.29) is 0 Å². The maximum atomic E-state index is 6.65. The molecule has 57 heavy (non-hydrogen) atoms. The van der Waals surface area contributed by atoms with E-state index in [0.717, 1.165) is 72.2 Å². The molecular formula is C52H33N3OSi. The SMILES string of the molecule is c1ccc(-c2nc(-c3ccc(-n4c5ccccc5c5ccc6c7ccccc7oc6c54)cc3)c3c(n2)[Si](c2ccccc2)(c2ccccc2)c2ccccc2-3)cc1. The first-order chi connectivity index (χ1) is 28.3. The van der Waals surface area contributed by atoms with Crippen molar-refractivity contribution >= 4 is 72.7 Å². The highest BCUT2D eigenvalue weighted by Gasteiger charge is 2.51. The summed E-state index contributed by atoms with van der Waals surface area (Å²) in [5.41, 5.74) is 10.4. The molecule has 5 heteroatoms. The molecule has 0 fully saturated rings. The summed E-state index contributed by atoms with van der Waals surface area (Å²) >= 11 is 0. The number of fused-ring (bicyclic) bond motifs is 10.